The first kappa shape index (κ1) is 23.8. The molecule has 0 aromatic heterocycles. The summed E-state index contributed by atoms with van der Waals surface area (Å²) in [6.45, 7) is 2.26. The summed E-state index contributed by atoms with van der Waals surface area (Å²) in [6.07, 6.45) is -4.76. The van der Waals surface area contributed by atoms with Crippen molar-refractivity contribution >= 4 is 16.7 Å². The van der Waals surface area contributed by atoms with Gasteiger partial charge in [0.2, 0.25) is 0 Å². The number of aromatic nitrogens is 4. The topological polar surface area (TPSA) is 177 Å². The minimum Gasteiger partial charge on any atom is -0.394 e. The first-order chi connectivity index (χ1) is 15.1. The molecule has 2 aliphatic heterocycles. The van der Waals surface area contributed by atoms with Crippen LogP contribution in [0.15, 0.2) is 21.7 Å². The van der Waals surface area contributed by atoms with Gasteiger partial charge in [-0.2, -0.15) is 4.98 Å². The lowest BCUT2D eigenvalue weighted by Gasteiger charge is -2.25. The summed E-state index contributed by atoms with van der Waals surface area (Å²) in [5.41, 5.74) is 0.823. The zero-order chi connectivity index (χ0) is 23.6. The summed E-state index contributed by atoms with van der Waals surface area (Å²) < 4.78 is 1.41. The standard InChI is InChI=1S/C20H28N6O6/c1-10-6-12-13(7-11(10)21-4-5-25(2)3)26(8-14(28)17(30)15(29)9-27)18-16(22-12)19(31)24-20(32)23-18/h6-7,14-15,17,21,27-30H,4-5,8-9H2,1-3H3,(H,24,31,32). The Kier molecular flexibility index (Phi) is 7.21. The van der Waals surface area contributed by atoms with Gasteiger partial charge in [-0.1, -0.05) is 0 Å². The molecule has 0 bridgehead atoms. The van der Waals surface area contributed by atoms with E-state index in [0.717, 1.165) is 17.8 Å². The number of nitrogens with one attached hydrogen (secondary N) is 2. The highest BCUT2D eigenvalue weighted by atomic mass is 16.4. The number of aryl methyl sites for hydroxylation is 1. The van der Waals surface area contributed by atoms with Crippen LogP contribution < -0.4 is 16.6 Å². The number of fused-ring (bicyclic) bond motifs is 2. The van der Waals surface area contributed by atoms with Crippen molar-refractivity contribution in [2.75, 3.05) is 39.1 Å². The van der Waals surface area contributed by atoms with Gasteiger partial charge >= 0.3 is 5.69 Å². The third kappa shape index (κ3) is 4.95. The average molecular weight is 448 g/mol. The number of aliphatic hydroxyl groups excluding tert-OH is 4. The van der Waals surface area contributed by atoms with E-state index >= 15 is 0 Å². The predicted molar refractivity (Wildman–Crippen MR) is 118 cm³/mol. The molecule has 12 heteroatoms. The minimum atomic E-state index is -1.66. The number of benzene rings is 1. The number of nitrogens with zero attached hydrogens (tertiary/aromatic N) is 4. The van der Waals surface area contributed by atoms with E-state index in [0.29, 0.717) is 17.6 Å². The molecule has 0 saturated carbocycles. The van der Waals surface area contributed by atoms with Gasteiger partial charge in [0.25, 0.3) is 5.56 Å². The molecular formula is C20H28N6O6. The molecule has 0 radical (unpaired) electrons. The van der Waals surface area contributed by atoms with E-state index in [9.17, 15) is 24.9 Å². The van der Waals surface area contributed by atoms with E-state index in [4.69, 9.17) is 5.11 Å². The molecule has 3 unspecified atom stereocenters. The maximum absolute atomic E-state index is 12.4. The Morgan fingerprint density at radius 3 is 2.53 bits per heavy atom. The van der Waals surface area contributed by atoms with Crippen LogP contribution in [0.2, 0.25) is 0 Å². The van der Waals surface area contributed by atoms with E-state index in [-0.39, 0.29) is 18.1 Å². The second kappa shape index (κ2) is 9.71. The molecule has 32 heavy (non-hydrogen) atoms. The number of H-pyrrole nitrogens is 1. The van der Waals surface area contributed by atoms with Crippen LogP contribution in [-0.4, -0.2) is 96.9 Å². The third-order valence-corrected chi connectivity index (χ3v) is 5.17. The molecule has 3 rings (SSSR count). The number of likely N-dealkylation sites (N-methyl/N-ethyl adjacent to an activating group) is 1. The Balaban J connectivity index is 2.18. The Morgan fingerprint density at radius 1 is 1.16 bits per heavy atom. The molecule has 0 saturated heterocycles. The third-order valence-electron chi connectivity index (χ3n) is 5.17. The van der Waals surface area contributed by atoms with Crippen molar-refractivity contribution in [3.63, 3.8) is 0 Å². The SMILES string of the molecule is Cc1cc2nc3c(=O)[nH]c(=O)nc-3n(CC(O)C(O)C(O)CO)c2cc1NCCN(C)C. The van der Waals surface area contributed by atoms with Crippen LogP contribution in [0.25, 0.3) is 22.6 Å². The fourth-order valence-corrected chi connectivity index (χ4v) is 3.39. The number of aliphatic hydroxyl groups is 4. The maximum Gasteiger partial charge on any atom is 0.349 e. The van der Waals surface area contributed by atoms with Crippen LogP contribution in [0.1, 0.15) is 5.56 Å². The van der Waals surface area contributed by atoms with Crippen molar-refractivity contribution in [3.05, 3.63) is 38.5 Å². The highest BCUT2D eigenvalue weighted by Crippen LogP contribution is 2.27. The number of hydrogen-bond donors (Lipinski definition) is 6. The Labute approximate surface area is 183 Å². The van der Waals surface area contributed by atoms with Crippen LogP contribution >= 0.6 is 0 Å². The van der Waals surface area contributed by atoms with Crippen molar-refractivity contribution in [2.45, 2.75) is 31.8 Å². The Bertz CT molecular complexity index is 1180. The molecule has 6 N–H and O–H groups in total. The molecule has 0 aliphatic carbocycles. The monoisotopic (exact) mass is 448 g/mol. The molecule has 2 aliphatic rings. The summed E-state index contributed by atoms with van der Waals surface area (Å²) in [7, 11) is 3.91. The lowest BCUT2D eigenvalue weighted by molar-refractivity contribution is -0.0802. The molecule has 3 atom stereocenters. The smallest absolute Gasteiger partial charge is 0.349 e. The summed E-state index contributed by atoms with van der Waals surface area (Å²) in [6, 6.07) is 3.53. The molecule has 1 aromatic carbocycles. The van der Waals surface area contributed by atoms with Crippen LogP contribution in [0.3, 0.4) is 0 Å². The fourth-order valence-electron chi connectivity index (χ4n) is 3.39. The number of aromatic amines is 1. The minimum absolute atomic E-state index is 0.0703. The first-order valence-electron chi connectivity index (χ1n) is 10.1. The molecule has 1 aromatic rings. The zero-order valence-electron chi connectivity index (χ0n) is 18.1. The number of anilines is 1. The highest BCUT2D eigenvalue weighted by Gasteiger charge is 2.27. The summed E-state index contributed by atoms with van der Waals surface area (Å²) in [5, 5.41) is 42.7. The second-order valence-corrected chi connectivity index (χ2v) is 7.96. The normalized spacial score (nSPS) is 14.8. The van der Waals surface area contributed by atoms with Crippen LogP contribution in [0.4, 0.5) is 5.69 Å². The molecule has 0 spiro atoms. The van der Waals surface area contributed by atoms with Gasteiger partial charge in [-0.3, -0.25) is 9.78 Å². The van der Waals surface area contributed by atoms with Crippen LogP contribution in [0, 0.1) is 6.92 Å². The van der Waals surface area contributed by atoms with Crippen molar-refractivity contribution in [2.24, 2.45) is 0 Å². The van der Waals surface area contributed by atoms with Crippen molar-refractivity contribution in [3.8, 4) is 11.5 Å². The van der Waals surface area contributed by atoms with Gasteiger partial charge in [0.1, 0.15) is 18.3 Å². The quantitative estimate of drug-likeness (QED) is 0.200. The molecular weight excluding hydrogens is 420 g/mol. The van der Waals surface area contributed by atoms with Crippen LogP contribution in [-0.2, 0) is 6.54 Å². The van der Waals surface area contributed by atoms with Crippen molar-refractivity contribution in [1.82, 2.24) is 24.4 Å². The van der Waals surface area contributed by atoms with Gasteiger partial charge in [-0.05, 0) is 38.7 Å². The van der Waals surface area contributed by atoms with E-state index in [1.807, 2.05) is 25.9 Å². The van der Waals surface area contributed by atoms with Crippen LogP contribution in [0.5, 0.6) is 0 Å². The lowest BCUT2D eigenvalue weighted by Crippen LogP contribution is -2.42. The van der Waals surface area contributed by atoms with Gasteiger partial charge in [-0.15, -0.1) is 0 Å². The molecule has 12 nitrogen and oxygen atoms in total. The first-order valence-corrected chi connectivity index (χ1v) is 10.1. The van der Waals surface area contributed by atoms with E-state index < -0.39 is 36.2 Å². The molecule has 174 valence electrons. The summed E-state index contributed by atoms with van der Waals surface area (Å²) in [4.78, 5) is 36.5. The van der Waals surface area contributed by atoms with E-state index in [1.165, 1.54) is 4.57 Å². The predicted octanol–water partition coefficient (Wildman–Crippen LogP) is -2.06. The Hall–Kier alpha value is -2.90. The largest absolute Gasteiger partial charge is 0.394 e. The van der Waals surface area contributed by atoms with E-state index in [2.05, 4.69) is 20.3 Å². The van der Waals surface area contributed by atoms with Gasteiger partial charge in [0.05, 0.1) is 24.2 Å². The second-order valence-electron chi connectivity index (χ2n) is 7.96. The Morgan fingerprint density at radius 2 is 1.88 bits per heavy atom. The number of rotatable bonds is 9. The zero-order valence-corrected chi connectivity index (χ0v) is 18.1. The molecule has 0 amide bonds. The maximum atomic E-state index is 12.4. The fraction of sp³-hybridized carbons (Fsp3) is 0.500. The highest BCUT2D eigenvalue weighted by molar-refractivity contribution is 5.84. The summed E-state index contributed by atoms with van der Waals surface area (Å²) >= 11 is 0. The summed E-state index contributed by atoms with van der Waals surface area (Å²) in [5.74, 6) is -0.0703. The van der Waals surface area contributed by atoms with Gasteiger partial charge in [0.15, 0.2) is 11.5 Å². The van der Waals surface area contributed by atoms with Gasteiger partial charge in [0, 0.05) is 18.8 Å². The molecule has 2 heterocycles. The van der Waals surface area contributed by atoms with E-state index in [1.54, 1.807) is 12.1 Å². The average Bonchev–Trinajstić information content (AvgIpc) is 2.73. The van der Waals surface area contributed by atoms with Crippen molar-refractivity contribution < 1.29 is 20.4 Å². The molecule has 0 fully saturated rings. The number of hydrogen-bond acceptors (Lipinski definition) is 10. The van der Waals surface area contributed by atoms with Crippen molar-refractivity contribution in [1.29, 1.82) is 0 Å². The lowest BCUT2D eigenvalue weighted by atomic mass is 10.1. The van der Waals surface area contributed by atoms with Gasteiger partial charge in [-0.25, -0.2) is 9.78 Å². The van der Waals surface area contributed by atoms with Gasteiger partial charge < -0.3 is 35.2 Å².